The van der Waals surface area contributed by atoms with Gasteiger partial charge in [-0.1, -0.05) is 29.0 Å². The lowest BCUT2D eigenvalue weighted by molar-refractivity contribution is -0.135. The van der Waals surface area contributed by atoms with E-state index >= 15 is 0 Å². The molecule has 1 N–H and O–H groups in total. The van der Waals surface area contributed by atoms with Gasteiger partial charge in [-0.3, -0.25) is 9.59 Å². The number of likely N-dealkylation sites (tertiary alicyclic amines) is 1. The topological polar surface area (TPSA) is 84.4 Å². The van der Waals surface area contributed by atoms with E-state index in [9.17, 15) is 9.59 Å². The first kappa shape index (κ1) is 17.5. The van der Waals surface area contributed by atoms with Crippen LogP contribution in [0.15, 0.2) is 24.3 Å². The fraction of sp³-hybridized carbons (Fsp3) is 0.412. The number of ether oxygens (including phenoxy) is 1. The minimum atomic E-state index is -0.305. The van der Waals surface area contributed by atoms with Gasteiger partial charge in [0.15, 0.2) is 0 Å². The summed E-state index contributed by atoms with van der Waals surface area (Å²) >= 11 is 1.16. The van der Waals surface area contributed by atoms with Gasteiger partial charge in [0.2, 0.25) is 10.9 Å². The zero-order valence-corrected chi connectivity index (χ0v) is 14.8. The number of rotatable bonds is 6. The number of amides is 2. The zero-order chi connectivity index (χ0) is 17.6. The van der Waals surface area contributed by atoms with Crippen LogP contribution in [-0.2, 0) is 16.1 Å². The summed E-state index contributed by atoms with van der Waals surface area (Å²) in [4.78, 5) is 25.8. The molecule has 1 saturated heterocycles. The Labute approximate surface area is 150 Å². The predicted molar refractivity (Wildman–Crippen MR) is 94.5 cm³/mol. The lowest BCUT2D eigenvalue weighted by Gasteiger charge is -2.14. The van der Waals surface area contributed by atoms with E-state index in [1.165, 1.54) is 0 Å². The molecule has 7 nitrogen and oxygen atoms in total. The molecule has 3 rings (SSSR count). The fourth-order valence-corrected chi connectivity index (χ4v) is 3.18. The summed E-state index contributed by atoms with van der Waals surface area (Å²) in [6.45, 7) is 3.81. The molecule has 25 heavy (non-hydrogen) atoms. The SMILES string of the molecule is Cc1ccc(NC(=O)c2nnc(COCC(=O)N3CCCC3)s2)cc1. The number of anilines is 1. The van der Waals surface area contributed by atoms with Crippen molar-refractivity contribution in [3.63, 3.8) is 0 Å². The van der Waals surface area contributed by atoms with Crippen LogP contribution in [0.3, 0.4) is 0 Å². The van der Waals surface area contributed by atoms with E-state index < -0.39 is 0 Å². The monoisotopic (exact) mass is 360 g/mol. The van der Waals surface area contributed by atoms with Crippen LogP contribution in [-0.4, -0.2) is 46.6 Å². The van der Waals surface area contributed by atoms with Crippen LogP contribution in [0, 0.1) is 6.92 Å². The number of hydrogen-bond donors (Lipinski definition) is 1. The molecule has 2 heterocycles. The Bertz CT molecular complexity index is 739. The number of hydrogen-bond acceptors (Lipinski definition) is 6. The summed E-state index contributed by atoms with van der Waals surface area (Å²) in [5, 5.41) is 11.4. The van der Waals surface area contributed by atoms with E-state index in [0.29, 0.717) is 10.7 Å². The molecule has 8 heteroatoms. The Hall–Kier alpha value is -2.32. The van der Waals surface area contributed by atoms with Gasteiger partial charge in [0.25, 0.3) is 5.91 Å². The minimum Gasteiger partial charge on any atom is -0.364 e. The number of nitrogens with one attached hydrogen (secondary N) is 1. The van der Waals surface area contributed by atoms with Gasteiger partial charge in [-0.2, -0.15) is 0 Å². The smallest absolute Gasteiger partial charge is 0.286 e. The van der Waals surface area contributed by atoms with Gasteiger partial charge in [-0.25, -0.2) is 0 Å². The number of carbonyl (C=O) groups is 2. The van der Waals surface area contributed by atoms with E-state index in [4.69, 9.17) is 4.74 Å². The van der Waals surface area contributed by atoms with Crippen LogP contribution in [0.5, 0.6) is 0 Å². The molecule has 1 aliphatic heterocycles. The van der Waals surface area contributed by atoms with E-state index in [-0.39, 0.29) is 30.0 Å². The molecule has 0 atom stereocenters. The Balaban J connectivity index is 1.47. The highest BCUT2D eigenvalue weighted by Crippen LogP contribution is 2.15. The van der Waals surface area contributed by atoms with Crippen LogP contribution in [0.2, 0.25) is 0 Å². The molecule has 1 aromatic heterocycles. The largest absolute Gasteiger partial charge is 0.364 e. The van der Waals surface area contributed by atoms with Crippen LogP contribution < -0.4 is 5.32 Å². The Morgan fingerprint density at radius 3 is 2.64 bits per heavy atom. The quantitative estimate of drug-likeness (QED) is 0.854. The summed E-state index contributed by atoms with van der Waals surface area (Å²) in [5.41, 5.74) is 1.83. The Morgan fingerprint density at radius 1 is 1.20 bits per heavy atom. The van der Waals surface area contributed by atoms with Crippen molar-refractivity contribution in [3.05, 3.63) is 39.8 Å². The molecule has 0 radical (unpaired) electrons. The van der Waals surface area contributed by atoms with Crippen LogP contribution in [0.1, 0.15) is 33.2 Å². The average molecular weight is 360 g/mol. The van der Waals surface area contributed by atoms with E-state index in [0.717, 1.165) is 42.8 Å². The zero-order valence-electron chi connectivity index (χ0n) is 14.0. The average Bonchev–Trinajstić information content (AvgIpc) is 3.28. The van der Waals surface area contributed by atoms with Gasteiger partial charge in [0, 0.05) is 18.8 Å². The van der Waals surface area contributed by atoms with Crippen molar-refractivity contribution in [2.45, 2.75) is 26.4 Å². The highest BCUT2D eigenvalue weighted by molar-refractivity contribution is 7.13. The second-order valence-corrected chi connectivity index (χ2v) is 6.96. The highest BCUT2D eigenvalue weighted by atomic mass is 32.1. The van der Waals surface area contributed by atoms with Crippen LogP contribution in [0.4, 0.5) is 5.69 Å². The van der Waals surface area contributed by atoms with Crippen molar-refractivity contribution in [1.29, 1.82) is 0 Å². The van der Waals surface area contributed by atoms with Gasteiger partial charge in [0.05, 0.1) is 0 Å². The maximum Gasteiger partial charge on any atom is 0.286 e. The number of nitrogens with zero attached hydrogens (tertiary/aromatic N) is 3. The number of aryl methyl sites for hydroxylation is 1. The summed E-state index contributed by atoms with van der Waals surface area (Å²) in [5.74, 6) is -0.305. The molecule has 1 aromatic carbocycles. The van der Waals surface area contributed by atoms with Gasteiger partial charge in [-0.05, 0) is 31.9 Å². The van der Waals surface area contributed by atoms with E-state index in [1.807, 2.05) is 31.2 Å². The molecule has 2 amide bonds. The first-order valence-electron chi connectivity index (χ1n) is 8.18. The molecular formula is C17H20N4O3S. The van der Waals surface area contributed by atoms with E-state index in [1.54, 1.807) is 4.90 Å². The third-order valence-electron chi connectivity index (χ3n) is 3.88. The summed E-state index contributed by atoms with van der Waals surface area (Å²) < 4.78 is 5.40. The Kier molecular flexibility index (Phi) is 5.72. The molecule has 2 aromatic rings. The number of aromatic nitrogens is 2. The minimum absolute atomic E-state index is 0.000599. The molecular weight excluding hydrogens is 340 g/mol. The first-order valence-corrected chi connectivity index (χ1v) is 8.99. The standard InChI is InChI=1S/C17H20N4O3S/c1-12-4-6-13(7-5-12)18-16(23)17-20-19-14(25-17)10-24-11-15(22)21-8-2-3-9-21/h4-7H,2-3,8-11H2,1H3,(H,18,23). The third-order valence-corrected chi connectivity index (χ3v) is 4.78. The van der Waals surface area contributed by atoms with Gasteiger partial charge in [-0.15, -0.1) is 10.2 Å². The second-order valence-electron chi connectivity index (χ2n) is 5.90. The third kappa shape index (κ3) is 4.83. The molecule has 1 aliphatic rings. The maximum absolute atomic E-state index is 12.2. The number of benzene rings is 1. The summed E-state index contributed by atoms with van der Waals surface area (Å²) in [7, 11) is 0. The normalized spacial score (nSPS) is 13.9. The molecule has 1 fully saturated rings. The summed E-state index contributed by atoms with van der Waals surface area (Å²) in [6, 6.07) is 7.52. The number of carbonyl (C=O) groups excluding carboxylic acids is 2. The molecule has 0 aliphatic carbocycles. The molecule has 132 valence electrons. The van der Waals surface area contributed by atoms with Gasteiger partial charge >= 0.3 is 0 Å². The molecule has 0 unspecified atom stereocenters. The van der Waals surface area contributed by atoms with Crippen molar-refractivity contribution < 1.29 is 14.3 Å². The van der Waals surface area contributed by atoms with Gasteiger partial charge < -0.3 is 15.0 Å². The second kappa shape index (κ2) is 8.17. The molecule has 0 bridgehead atoms. The lowest BCUT2D eigenvalue weighted by Crippen LogP contribution is -2.31. The summed E-state index contributed by atoms with van der Waals surface area (Å²) in [6.07, 6.45) is 2.11. The lowest BCUT2D eigenvalue weighted by atomic mass is 10.2. The van der Waals surface area contributed by atoms with Crippen molar-refractivity contribution in [2.24, 2.45) is 0 Å². The molecule has 0 spiro atoms. The van der Waals surface area contributed by atoms with Crippen molar-refractivity contribution in [1.82, 2.24) is 15.1 Å². The van der Waals surface area contributed by atoms with Crippen LogP contribution >= 0.6 is 11.3 Å². The Morgan fingerprint density at radius 2 is 1.92 bits per heavy atom. The maximum atomic E-state index is 12.2. The predicted octanol–water partition coefficient (Wildman–Crippen LogP) is 2.24. The van der Waals surface area contributed by atoms with Gasteiger partial charge in [0.1, 0.15) is 18.2 Å². The van der Waals surface area contributed by atoms with Crippen molar-refractivity contribution >= 4 is 28.8 Å². The first-order chi connectivity index (χ1) is 12.1. The fourth-order valence-electron chi connectivity index (χ4n) is 2.51. The molecule has 0 saturated carbocycles. The van der Waals surface area contributed by atoms with Crippen LogP contribution in [0.25, 0.3) is 0 Å². The van der Waals surface area contributed by atoms with Crippen molar-refractivity contribution in [3.8, 4) is 0 Å². The van der Waals surface area contributed by atoms with E-state index in [2.05, 4.69) is 15.5 Å². The van der Waals surface area contributed by atoms with Crippen molar-refractivity contribution in [2.75, 3.05) is 25.0 Å². The highest BCUT2D eigenvalue weighted by Gasteiger charge is 2.18.